The van der Waals surface area contributed by atoms with Gasteiger partial charge in [-0.1, -0.05) is 0 Å². The van der Waals surface area contributed by atoms with Crippen molar-refractivity contribution in [2.45, 2.75) is 20.0 Å². The highest BCUT2D eigenvalue weighted by molar-refractivity contribution is 6.04. The molecule has 0 aliphatic carbocycles. The summed E-state index contributed by atoms with van der Waals surface area (Å²) in [5, 5.41) is 6.03. The fourth-order valence-corrected chi connectivity index (χ4v) is 2.82. The Hall–Kier alpha value is -3.74. The van der Waals surface area contributed by atoms with Crippen molar-refractivity contribution in [3.8, 4) is 17.2 Å². The van der Waals surface area contributed by atoms with Crippen LogP contribution in [0.5, 0.6) is 17.2 Å². The van der Waals surface area contributed by atoms with E-state index in [1.807, 2.05) is 44.2 Å². The molecule has 2 heterocycles. The van der Waals surface area contributed by atoms with Gasteiger partial charge in [0.25, 0.3) is 5.91 Å². The number of nitrogens with one attached hydrogen (secondary N) is 2. The highest BCUT2D eigenvalue weighted by Gasteiger charge is 2.13. The number of nitrogens with zero attached hydrogens (tertiary/aromatic N) is 1. The number of carbonyl (C=O) groups is 1. The molecule has 2 N–H and O–H groups in total. The number of hydrogen-bond acceptors (Lipinski definition) is 6. The van der Waals surface area contributed by atoms with Crippen LogP contribution < -0.4 is 24.8 Å². The molecule has 0 fully saturated rings. The third kappa shape index (κ3) is 4.57. The summed E-state index contributed by atoms with van der Waals surface area (Å²) < 4.78 is 16.3. The summed E-state index contributed by atoms with van der Waals surface area (Å²) in [6.07, 6.45) is 1.63. The summed E-state index contributed by atoms with van der Waals surface area (Å²) in [5.74, 6) is 2.56. The van der Waals surface area contributed by atoms with Crippen molar-refractivity contribution in [2.75, 3.05) is 17.4 Å². The Balaban J connectivity index is 1.37. The summed E-state index contributed by atoms with van der Waals surface area (Å²) >= 11 is 0. The van der Waals surface area contributed by atoms with Crippen molar-refractivity contribution in [1.29, 1.82) is 0 Å². The molecule has 3 aromatic rings. The van der Waals surface area contributed by atoms with Gasteiger partial charge in [-0.3, -0.25) is 4.79 Å². The van der Waals surface area contributed by atoms with Gasteiger partial charge >= 0.3 is 0 Å². The van der Waals surface area contributed by atoms with Crippen molar-refractivity contribution in [2.24, 2.45) is 0 Å². The third-order valence-corrected chi connectivity index (χ3v) is 4.15. The van der Waals surface area contributed by atoms with Gasteiger partial charge in [0.1, 0.15) is 11.6 Å². The van der Waals surface area contributed by atoms with E-state index in [-0.39, 0.29) is 18.8 Å². The Morgan fingerprint density at radius 3 is 2.48 bits per heavy atom. The molecular formula is C22H21N3O4. The van der Waals surface area contributed by atoms with Crippen LogP contribution in [-0.2, 0) is 0 Å². The normalized spacial score (nSPS) is 12.0. The van der Waals surface area contributed by atoms with E-state index in [0.29, 0.717) is 22.8 Å². The fraction of sp³-hybridized carbons (Fsp3) is 0.182. The third-order valence-electron chi connectivity index (χ3n) is 4.15. The summed E-state index contributed by atoms with van der Waals surface area (Å²) in [7, 11) is 0. The van der Waals surface area contributed by atoms with Crippen LogP contribution in [0.15, 0.2) is 60.8 Å². The monoisotopic (exact) mass is 391 g/mol. The standard InChI is InChI=1S/C22H21N3O4/c1-14(2)29-18-7-4-16(5-8-18)25-22(26)15-3-10-21(23-12-15)24-17-6-9-19-20(11-17)28-13-27-19/h3-12,14H,13H2,1-2H3,(H,23,24)(H,25,26). The molecule has 7 nitrogen and oxygen atoms in total. The van der Waals surface area contributed by atoms with Crippen molar-refractivity contribution in [1.82, 2.24) is 4.98 Å². The molecule has 7 heteroatoms. The molecule has 148 valence electrons. The van der Waals surface area contributed by atoms with Crippen molar-refractivity contribution >= 4 is 23.1 Å². The lowest BCUT2D eigenvalue weighted by atomic mass is 10.2. The Morgan fingerprint density at radius 2 is 1.76 bits per heavy atom. The number of fused-ring (bicyclic) bond motifs is 1. The maximum atomic E-state index is 12.4. The molecule has 1 amide bonds. The Bertz CT molecular complexity index is 1000. The van der Waals surface area contributed by atoms with Crippen molar-refractivity contribution in [3.63, 3.8) is 0 Å². The van der Waals surface area contributed by atoms with Crippen LogP contribution in [-0.4, -0.2) is 23.8 Å². The van der Waals surface area contributed by atoms with Gasteiger partial charge in [-0.2, -0.15) is 0 Å². The van der Waals surface area contributed by atoms with E-state index in [4.69, 9.17) is 14.2 Å². The molecule has 4 rings (SSSR count). The molecule has 29 heavy (non-hydrogen) atoms. The zero-order valence-electron chi connectivity index (χ0n) is 16.1. The number of aromatic nitrogens is 1. The second kappa shape index (κ2) is 8.10. The molecule has 1 aliphatic heterocycles. The van der Waals surface area contributed by atoms with Crippen LogP contribution in [0.2, 0.25) is 0 Å². The maximum absolute atomic E-state index is 12.4. The molecule has 1 aromatic heterocycles. The molecular weight excluding hydrogens is 370 g/mol. The summed E-state index contributed by atoms with van der Waals surface area (Å²) in [5.41, 5.74) is 1.97. The summed E-state index contributed by atoms with van der Waals surface area (Å²) in [4.78, 5) is 16.8. The number of rotatable bonds is 6. The van der Waals surface area contributed by atoms with Gasteiger partial charge in [-0.15, -0.1) is 0 Å². The number of pyridine rings is 1. The smallest absolute Gasteiger partial charge is 0.257 e. The SMILES string of the molecule is CC(C)Oc1ccc(NC(=O)c2ccc(Nc3ccc4c(c3)OCO4)nc2)cc1. The van der Waals surface area contributed by atoms with Crippen molar-refractivity contribution in [3.05, 3.63) is 66.4 Å². The highest BCUT2D eigenvalue weighted by atomic mass is 16.7. The van der Waals surface area contributed by atoms with Crippen molar-refractivity contribution < 1.29 is 19.0 Å². The van der Waals surface area contributed by atoms with Gasteiger partial charge < -0.3 is 24.8 Å². The minimum Gasteiger partial charge on any atom is -0.491 e. The molecule has 0 bridgehead atoms. The molecule has 0 unspecified atom stereocenters. The van der Waals surface area contributed by atoms with Gasteiger partial charge in [0.15, 0.2) is 11.5 Å². The minimum atomic E-state index is -0.232. The van der Waals surface area contributed by atoms with E-state index in [0.717, 1.165) is 17.2 Å². The van der Waals surface area contributed by atoms with Crippen LogP contribution in [0, 0.1) is 0 Å². The van der Waals surface area contributed by atoms with E-state index in [1.54, 1.807) is 24.3 Å². The van der Waals surface area contributed by atoms with Crippen LogP contribution in [0.3, 0.4) is 0 Å². The predicted molar refractivity (Wildman–Crippen MR) is 110 cm³/mol. The minimum absolute atomic E-state index is 0.103. The van der Waals surface area contributed by atoms with Crippen LogP contribution in [0.25, 0.3) is 0 Å². The number of amides is 1. The number of benzene rings is 2. The topological polar surface area (TPSA) is 81.7 Å². The Labute approximate surface area is 168 Å². The number of anilines is 3. The molecule has 0 spiro atoms. The lowest BCUT2D eigenvalue weighted by molar-refractivity contribution is 0.102. The lowest BCUT2D eigenvalue weighted by Gasteiger charge is -2.11. The first-order chi connectivity index (χ1) is 14.1. The van der Waals surface area contributed by atoms with Gasteiger partial charge in [-0.05, 0) is 62.4 Å². The zero-order valence-corrected chi connectivity index (χ0v) is 16.1. The summed E-state index contributed by atoms with van der Waals surface area (Å²) in [6, 6.07) is 16.3. The van der Waals surface area contributed by atoms with Crippen LogP contribution in [0.4, 0.5) is 17.2 Å². The van der Waals surface area contributed by atoms with E-state index < -0.39 is 0 Å². The summed E-state index contributed by atoms with van der Waals surface area (Å²) in [6.45, 7) is 4.16. The zero-order chi connectivity index (χ0) is 20.2. The highest BCUT2D eigenvalue weighted by Crippen LogP contribution is 2.34. The van der Waals surface area contributed by atoms with E-state index >= 15 is 0 Å². The molecule has 2 aromatic carbocycles. The first kappa shape index (κ1) is 18.6. The van der Waals surface area contributed by atoms with Gasteiger partial charge in [0.05, 0.1) is 11.7 Å². The van der Waals surface area contributed by atoms with E-state index in [2.05, 4.69) is 15.6 Å². The second-order valence-electron chi connectivity index (χ2n) is 6.77. The number of carbonyl (C=O) groups excluding carboxylic acids is 1. The molecule has 0 saturated heterocycles. The largest absolute Gasteiger partial charge is 0.491 e. The number of hydrogen-bond donors (Lipinski definition) is 2. The fourth-order valence-electron chi connectivity index (χ4n) is 2.82. The first-order valence-corrected chi connectivity index (χ1v) is 9.27. The molecule has 0 saturated carbocycles. The first-order valence-electron chi connectivity index (χ1n) is 9.27. The predicted octanol–water partition coefficient (Wildman–Crippen LogP) is 4.59. The Morgan fingerprint density at radius 1 is 1.00 bits per heavy atom. The van der Waals surface area contributed by atoms with Gasteiger partial charge in [-0.25, -0.2) is 4.98 Å². The quantitative estimate of drug-likeness (QED) is 0.639. The molecule has 0 radical (unpaired) electrons. The van der Waals surface area contributed by atoms with Crippen LogP contribution >= 0.6 is 0 Å². The van der Waals surface area contributed by atoms with E-state index in [1.165, 1.54) is 6.20 Å². The van der Waals surface area contributed by atoms with Gasteiger partial charge in [0.2, 0.25) is 6.79 Å². The lowest BCUT2D eigenvalue weighted by Crippen LogP contribution is -2.12. The second-order valence-corrected chi connectivity index (χ2v) is 6.77. The average Bonchev–Trinajstić information content (AvgIpc) is 3.17. The number of ether oxygens (including phenoxy) is 3. The molecule has 0 atom stereocenters. The van der Waals surface area contributed by atoms with E-state index in [9.17, 15) is 4.79 Å². The van der Waals surface area contributed by atoms with Crippen LogP contribution in [0.1, 0.15) is 24.2 Å². The molecule has 1 aliphatic rings. The maximum Gasteiger partial charge on any atom is 0.257 e. The Kier molecular flexibility index (Phi) is 5.20. The van der Waals surface area contributed by atoms with Gasteiger partial charge in [0, 0.05) is 23.6 Å². The average molecular weight is 391 g/mol.